The highest BCUT2D eigenvalue weighted by atomic mass is 32.1. The minimum absolute atomic E-state index is 0.0708. The number of carbonyl (C=O) groups is 1. The lowest BCUT2D eigenvalue weighted by molar-refractivity contribution is -0.122. The van der Waals surface area contributed by atoms with Gasteiger partial charge in [0.1, 0.15) is 17.7 Å². The van der Waals surface area contributed by atoms with Crippen LogP contribution in [0.4, 0.5) is 9.52 Å². The van der Waals surface area contributed by atoms with E-state index in [9.17, 15) is 9.18 Å². The van der Waals surface area contributed by atoms with E-state index in [1.807, 2.05) is 0 Å². The summed E-state index contributed by atoms with van der Waals surface area (Å²) in [5.74, 6) is 0.965. The molecular weight excluding hydrogens is 339 g/mol. The molecule has 0 unspecified atom stereocenters. The molecule has 1 aliphatic rings. The zero-order valence-electron chi connectivity index (χ0n) is 14.5. The normalized spacial score (nSPS) is 17.3. The maximum absolute atomic E-state index is 13.0. The van der Waals surface area contributed by atoms with E-state index in [4.69, 9.17) is 0 Å². The Hall–Kier alpha value is -2.02. The van der Waals surface area contributed by atoms with E-state index < -0.39 is 0 Å². The van der Waals surface area contributed by atoms with Gasteiger partial charge in [0.2, 0.25) is 11.0 Å². The molecule has 7 heteroatoms. The van der Waals surface area contributed by atoms with E-state index in [-0.39, 0.29) is 17.8 Å². The average Bonchev–Trinajstić information content (AvgIpc) is 3.23. The second-order valence-corrected chi connectivity index (χ2v) is 7.52. The number of hydrogen-bond donors (Lipinski definition) is 1. The first-order valence-corrected chi connectivity index (χ1v) is 9.41. The van der Waals surface area contributed by atoms with E-state index in [0.717, 1.165) is 30.1 Å². The summed E-state index contributed by atoms with van der Waals surface area (Å²) in [5, 5.41) is 3.81. The van der Waals surface area contributed by atoms with Crippen molar-refractivity contribution in [2.24, 2.45) is 5.92 Å². The standard InChI is InChI=1S/C18H23FN4OS/c1-12(2)11-20-17(24)15-4-3-9-23(15)18-21-16(22-25-18)10-13-5-7-14(19)8-6-13/h5-8,12,15H,3-4,9-11H2,1-2H3,(H,20,24)/t15-/m1/s1. The molecule has 2 heterocycles. The van der Waals surface area contributed by atoms with Crippen LogP contribution in [0.5, 0.6) is 0 Å². The highest BCUT2D eigenvalue weighted by Gasteiger charge is 2.32. The van der Waals surface area contributed by atoms with Crippen LogP contribution in [0.1, 0.15) is 38.1 Å². The Morgan fingerprint density at radius 3 is 2.88 bits per heavy atom. The van der Waals surface area contributed by atoms with Gasteiger partial charge in [-0.25, -0.2) is 9.37 Å². The van der Waals surface area contributed by atoms with Crippen molar-refractivity contribution in [3.05, 3.63) is 41.5 Å². The third-order valence-electron chi connectivity index (χ3n) is 4.22. The van der Waals surface area contributed by atoms with Gasteiger partial charge in [-0.05, 0) is 36.5 Å². The van der Waals surface area contributed by atoms with E-state index >= 15 is 0 Å². The Morgan fingerprint density at radius 1 is 1.40 bits per heavy atom. The molecule has 25 heavy (non-hydrogen) atoms. The first-order chi connectivity index (χ1) is 12.0. The van der Waals surface area contributed by atoms with Gasteiger partial charge in [-0.2, -0.15) is 4.37 Å². The summed E-state index contributed by atoms with van der Waals surface area (Å²) < 4.78 is 17.4. The Labute approximate surface area is 151 Å². The molecule has 134 valence electrons. The van der Waals surface area contributed by atoms with Gasteiger partial charge in [0.05, 0.1) is 0 Å². The van der Waals surface area contributed by atoms with Crippen LogP contribution in [0.2, 0.25) is 0 Å². The molecule has 1 aromatic heterocycles. The number of amides is 1. The summed E-state index contributed by atoms with van der Waals surface area (Å²) >= 11 is 1.33. The van der Waals surface area contributed by atoms with Crippen LogP contribution in [-0.4, -0.2) is 34.4 Å². The lowest BCUT2D eigenvalue weighted by Crippen LogP contribution is -2.44. The van der Waals surface area contributed by atoms with Crippen molar-refractivity contribution in [1.82, 2.24) is 14.7 Å². The Bertz CT molecular complexity index is 716. The monoisotopic (exact) mass is 362 g/mol. The molecule has 0 spiro atoms. The van der Waals surface area contributed by atoms with Gasteiger partial charge in [0, 0.05) is 31.0 Å². The third-order valence-corrected chi connectivity index (χ3v) is 5.01. The molecule has 2 aromatic rings. The van der Waals surface area contributed by atoms with Crippen molar-refractivity contribution in [1.29, 1.82) is 0 Å². The fraction of sp³-hybridized carbons (Fsp3) is 0.500. The van der Waals surface area contributed by atoms with Gasteiger partial charge in [-0.3, -0.25) is 4.79 Å². The smallest absolute Gasteiger partial charge is 0.242 e. The van der Waals surface area contributed by atoms with E-state index in [1.165, 1.54) is 23.7 Å². The van der Waals surface area contributed by atoms with E-state index in [2.05, 4.69) is 33.4 Å². The van der Waals surface area contributed by atoms with Crippen LogP contribution in [0, 0.1) is 11.7 Å². The number of hydrogen-bond acceptors (Lipinski definition) is 5. The van der Waals surface area contributed by atoms with Crippen molar-refractivity contribution in [3.63, 3.8) is 0 Å². The molecule has 1 aromatic carbocycles. The average molecular weight is 362 g/mol. The fourth-order valence-corrected chi connectivity index (χ4v) is 3.67. The Kier molecular flexibility index (Phi) is 5.63. The second-order valence-electron chi connectivity index (χ2n) is 6.79. The quantitative estimate of drug-likeness (QED) is 0.858. The molecule has 1 aliphatic heterocycles. The molecule has 1 saturated heterocycles. The molecule has 1 atom stereocenters. The van der Waals surface area contributed by atoms with Gasteiger partial charge in [0.15, 0.2) is 0 Å². The predicted molar refractivity (Wildman–Crippen MR) is 97.3 cm³/mol. The van der Waals surface area contributed by atoms with Crippen LogP contribution >= 0.6 is 11.5 Å². The second kappa shape index (κ2) is 7.91. The van der Waals surface area contributed by atoms with Crippen molar-refractivity contribution >= 4 is 22.6 Å². The van der Waals surface area contributed by atoms with E-state index in [1.54, 1.807) is 12.1 Å². The first kappa shape index (κ1) is 17.8. The SMILES string of the molecule is CC(C)CNC(=O)[C@H]1CCCN1c1nc(Cc2ccc(F)cc2)ns1. The van der Waals surface area contributed by atoms with Gasteiger partial charge in [-0.1, -0.05) is 26.0 Å². The number of nitrogens with zero attached hydrogens (tertiary/aromatic N) is 3. The summed E-state index contributed by atoms with van der Waals surface area (Å²) in [7, 11) is 0. The van der Waals surface area contributed by atoms with Crippen LogP contribution in [0.3, 0.4) is 0 Å². The molecule has 0 aliphatic carbocycles. The highest BCUT2D eigenvalue weighted by Crippen LogP contribution is 2.27. The van der Waals surface area contributed by atoms with Crippen LogP contribution < -0.4 is 10.2 Å². The van der Waals surface area contributed by atoms with Gasteiger partial charge >= 0.3 is 0 Å². The van der Waals surface area contributed by atoms with Crippen LogP contribution in [0.25, 0.3) is 0 Å². The Balaban J connectivity index is 1.66. The first-order valence-electron chi connectivity index (χ1n) is 8.64. The molecule has 0 radical (unpaired) electrons. The number of rotatable bonds is 6. The summed E-state index contributed by atoms with van der Waals surface area (Å²) in [6.45, 7) is 5.68. The molecule has 1 N–H and O–H groups in total. The van der Waals surface area contributed by atoms with Crippen molar-refractivity contribution < 1.29 is 9.18 Å². The maximum Gasteiger partial charge on any atom is 0.242 e. The maximum atomic E-state index is 13.0. The van der Waals surface area contributed by atoms with Crippen LogP contribution in [0.15, 0.2) is 24.3 Å². The van der Waals surface area contributed by atoms with Crippen molar-refractivity contribution in [2.45, 2.75) is 39.2 Å². The summed E-state index contributed by atoms with van der Waals surface area (Å²) in [6.07, 6.45) is 2.39. The number of aromatic nitrogens is 2. The van der Waals surface area contributed by atoms with Crippen molar-refractivity contribution in [2.75, 3.05) is 18.0 Å². The van der Waals surface area contributed by atoms with Gasteiger partial charge in [0.25, 0.3) is 0 Å². The lowest BCUT2D eigenvalue weighted by atomic mass is 10.1. The Morgan fingerprint density at radius 2 is 2.16 bits per heavy atom. The summed E-state index contributed by atoms with van der Waals surface area (Å²) in [4.78, 5) is 19.1. The highest BCUT2D eigenvalue weighted by molar-refractivity contribution is 7.09. The fourth-order valence-electron chi connectivity index (χ4n) is 2.91. The number of carbonyl (C=O) groups excluding carboxylic acids is 1. The topological polar surface area (TPSA) is 58.1 Å². The van der Waals surface area contributed by atoms with Gasteiger partial charge in [-0.15, -0.1) is 0 Å². The number of halogens is 1. The number of benzene rings is 1. The molecule has 0 bridgehead atoms. The minimum atomic E-state index is -0.247. The number of anilines is 1. The summed E-state index contributed by atoms with van der Waals surface area (Å²) in [5.41, 5.74) is 0.971. The van der Waals surface area contributed by atoms with Gasteiger partial charge < -0.3 is 10.2 Å². The third kappa shape index (κ3) is 4.54. The largest absolute Gasteiger partial charge is 0.354 e. The molecular formula is C18H23FN4OS. The zero-order valence-corrected chi connectivity index (χ0v) is 15.4. The minimum Gasteiger partial charge on any atom is -0.354 e. The molecule has 1 amide bonds. The molecule has 5 nitrogen and oxygen atoms in total. The molecule has 3 rings (SSSR count). The molecule has 0 saturated carbocycles. The van der Waals surface area contributed by atoms with Crippen LogP contribution in [-0.2, 0) is 11.2 Å². The molecule has 1 fully saturated rings. The van der Waals surface area contributed by atoms with Crippen molar-refractivity contribution in [3.8, 4) is 0 Å². The van der Waals surface area contributed by atoms with E-state index in [0.29, 0.717) is 24.7 Å². The zero-order chi connectivity index (χ0) is 17.8. The predicted octanol–water partition coefficient (Wildman–Crippen LogP) is 3.01. The number of nitrogens with one attached hydrogen (secondary N) is 1. The lowest BCUT2D eigenvalue weighted by Gasteiger charge is -2.23. The summed E-state index contributed by atoms with van der Waals surface area (Å²) in [6, 6.07) is 6.21.